The lowest BCUT2D eigenvalue weighted by Crippen LogP contribution is -2.30. The number of ether oxygens (including phenoxy) is 1. The van der Waals surface area contributed by atoms with Gasteiger partial charge in [-0.25, -0.2) is 0 Å². The van der Waals surface area contributed by atoms with E-state index < -0.39 is 0 Å². The number of rotatable bonds is 5. The predicted molar refractivity (Wildman–Crippen MR) is 69.4 cm³/mol. The Balaban J connectivity index is 1.90. The van der Waals surface area contributed by atoms with Gasteiger partial charge in [-0.05, 0) is 18.6 Å². The summed E-state index contributed by atoms with van der Waals surface area (Å²) in [6.07, 6.45) is 2.11. The Labute approximate surface area is 109 Å². The van der Waals surface area contributed by atoms with Gasteiger partial charge in [0.2, 0.25) is 0 Å². The molecule has 1 atom stereocenters. The van der Waals surface area contributed by atoms with E-state index in [1.165, 1.54) is 0 Å². The van der Waals surface area contributed by atoms with E-state index in [9.17, 15) is 5.11 Å². The summed E-state index contributed by atoms with van der Waals surface area (Å²) in [6, 6.07) is 4.13. The van der Waals surface area contributed by atoms with Crippen LogP contribution in [0.2, 0.25) is 0 Å². The summed E-state index contributed by atoms with van der Waals surface area (Å²) in [5.74, 6) is 2.30. The first-order chi connectivity index (χ1) is 8.81. The molecule has 1 saturated heterocycles. The highest BCUT2D eigenvalue weighted by molar-refractivity contribution is 5.07. The second-order valence-electron chi connectivity index (χ2n) is 4.98. The van der Waals surface area contributed by atoms with E-state index in [0.29, 0.717) is 6.61 Å². The summed E-state index contributed by atoms with van der Waals surface area (Å²) in [5, 5.41) is 9.24. The molecule has 0 amide bonds. The molecule has 1 aromatic rings. The Hall–Kier alpha value is -0.840. The van der Waals surface area contributed by atoms with Gasteiger partial charge in [0.15, 0.2) is 0 Å². The molecule has 1 aromatic heterocycles. The van der Waals surface area contributed by atoms with E-state index in [0.717, 1.165) is 50.6 Å². The Morgan fingerprint density at radius 3 is 3.00 bits per heavy atom. The Morgan fingerprint density at radius 1 is 1.39 bits per heavy atom. The number of nitrogens with zero attached hydrogens (tertiary/aromatic N) is 1. The molecule has 0 bridgehead atoms. The van der Waals surface area contributed by atoms with Crippen LogP contribution in [0, 0.1) is 5.92 Å². The fourth-order valence-corrected chi connectivity index (χ4v) is 2.32. The normalized spacial score (nSPS) is 22.0. The van der Waals surface area contributed by atoms with E-state index in [1.54, 1.807) is 0 Å². The molecule has 1 fully saturated rings. The third-order valence-electron chi connectivity index (χ3n) is 3.27. The van der Waals surface area contributed by atoms with Crippen molar-refractivity contribution in [2.45, 2.75) is 26.3 Å². The Bertz CT molecular complexity index is 351. The molecule has 1 N–H and O–H groups in total. The molecule has 2 heterocycles. The van der Waals surface area contributed by atoms with Gasteiger partial charge in [-0.15, -0.1) is 0 Å². The van der Waals surface area contributed by atoms with E-state index >= 15 is 0 Å². The van der Waals surface area contributed by atoms with Gasteiger partial charge in [0.25, 0.3) is 0 Å². The fraction of sp³-hybridized carbons (Fsp3) is 0.714. The SMILES string of the molecule is CCCc1ccc(CN2CCOC[C@H](CO)C2)o1. The lowest BCUT2D eigenvalue weighted by Gasteiger charge is -2.20. The van der Waals surface area contributed by atoms with Crippen molar-refractivity contribution in [1.82, 2.24) is 4.90 Å². The summed E-state index contributed by atoms with van der Waals surface area (Å²) in [4.78, 5) is 2.29. The van der Waals surface area contributed by atoms with Crippen molar-refractivity contribution < 1.29 is 14.3 Å². The van der Waals surface area contributed by atoms with Crippen molar-refractivity contribution in [2.75, 3.05) is 32.9 Å². The van der Waals surface area contributed by atoms with Crippen LogP contribution in [0.3, 0.4) is 0 Å². The number of hydrogen-bond donors (Lipinski definition) is 1. The molecule has 1 aliphatic heterocycles. The van der Waals surface area contributed by atoms with E-state index in [2.05, 4.69) is 24.0 Å². The van der Waals surface area contributed by atoms with Crippen LogP contribution in [0.5, 0.6) is 0 Å². The zero-order valence-electron chi connectivity index (χ0n) is 11.1. The fourth-order valence-electron chi connectivity index (χ4n) is 2.32. The number of furan rings is 1. The molecule has 0 unspecified atom stereocenters. The van der Waals surface area contributed by atoms with Crippen molar-refractivity contribution in [2.24, 2.45) is 5.92 Å². The Kier molecular flexibility index (Phi) is 5.23. The largest absolute Gasteiger partial charge is 0.465 e. The molecule has 0 radical (unpaired) electrons. The van der Waals surface area contributed by atoms with Crippen LogP contribution in [0.15, 0.2) is 16.5 Å². The minimum atomic E-state index is 0.190. The van der Waals surface area contributed by atoms with Gasteiger partial charge in [-0.2, -0.15) is 0 Å². The van der Waals surface area contributed by atoms with Gasteiger partial charge in [0.05, 0.1) is 19.8 Å². The number of hydrogen-bond acceptors (Lipinski definition) is 4. The monoisotopic (exact) mass is 253 g/mol. The third-order valence-corrected chi connectivity index (χ3v) is 3.27. The minimum Gasteiger partial charge on any atom is -0.465 e. The van der Waals surface area contributed by atoms with E-state index in [4.69, 9.17) is 9.15 Å². The first-order valence-electron chi connectivity index (χ1n) is 6.80. The first-order valence-corrected chi connectivity index (χ1v) is 6.80. The van der Waals surface area contributed by atoms with E-state index in [-0.39, 0.29) is 12.5 Å². The molecule has 102 valence electrons. The first kappa shape index (κ1) is 13.6. The molecule has 4 nitrogen and oxygen atoms in total. The highest BCUT2D eigenvalue weighted by Gasteiger charge is 2.18. The van der Waals surface area contributed by atoms with Gasteiger partial charge < -0.3 is 14.3 Å². The van der Waals surface area contributed by atoms with Gasteiger partial charge in [0.1, 0.15) is 11.5 Å². The summed E-state index contributed by atoms with van der Waals surface area (Å²) in [7, 11) is 0. The van der Waals surface area contributed by atoms with Crippen molar-refractivity contribution >= 4 is 0 Å². The highest BCUT2D eigenvalue weighted by Crippen LogP contribution is 2.14. The lowest BCUT2D eigenvalue weighted by atomic mass is 10.1. The molecule has 0 saturated carbocycles. The molecular formula is C14H23NO3. The Morgan fingerprint density at radius 2 is 2.22 bits per heavy atom. The predicted octanol–water partition coefficient (Wildman–Crippen LogP) is 1.67. The van der Waals surface area contributed by atoms with Gasteiger partial charge >= 0.3 is 0 Å². The summed E-state index contributed by atoms with van der Waals surface area (Å²) >= 11 is 0. The summed E-state index contributed by atoms with van der Waals surface area (Å²) < 4.78 is 11.3. The lowest BCUT2D eigenvalue weighted by molar-refractivity contribution is 0.0957. The van der Waals surface area contributed by atoms with Crippen LogP contribution >= 0.6 is 0 Å². The number of aliphatic hydroxyl groups excluding tert-OH is 1. The molecular weight excluding hydrogens is 230 g/mol. The standard InChI is InChI=1S/C14H23NO3/c1-2-3-13-4-5-14(18-13)9-15-6-7-17-11-12(8-15)10-16/h4-5,12,16H,2-3,6-11H2,1H3/t12-/m0/s1. The smallest absolute Gasteiger partial charge is 0.118 e. The van der Waals surface area contributed by atoms with Crippen molar-refractivity contribution in [3.8, 4) is 0 Å². The number of aliphatic hydroxyl groups is 1. The zero-order valence-corrected chi connectivity index (χ0v) is 11.1. The second-order valence-corrected chi connectivity index (χ2v) is 4.98. The molecule has 2 rings (SSSR count). The maximum absolute atomic E-state index is 9.24. The van der Waals surface area contributed by atoms with E-state index in [1.807, 2.05) is 0 Å². The second kappa shape index (κ2) is 6.92. The van der Waals surface area contributed by atoms with Crippen LogP contribution in [0.1, 0.15) is 24.9 Å². The van der Waals surface area contributed by atoms with Gasteiger partial charge in [-0.3, -0.25) is 4.90 Å². The van der Waals surface area contributed by atoms with Crippen molar-refractivity contribution in [3.05, 3.63) is 23.7 Å². The number of aryl methyl sites for hydroxylation is 1. The maximum Gasteiger partial charge on any atom is 0.118 e. The quantitative estimate of drug-likeness (QED) is 0.867. The van der Waals surface area contributed by atoms with Crippen LogP contribution in [0.25, 0.3) is 0 Å². The molecule has 0 spiro atoms. The summed E-state index contributed by atoms with van der Waals surface area (Å²) in [6.45, 7) is 6.32. The molecule has 0 aliphatic carbocycles. The van der Waals surface area contributed by atoms with Crippen LogP contribution in [-0.2, 0) is 17.7 Å². The van der Waals surface area contributed by atoms with Crippen LogP contribution in [0.4, 0.5) is 0 Å². The maximum atomic E-state index is 9.24. The molecule has 4 heteroatoms. The van der Waals surface area contributed by atoms with Gasteiger partial charge in [0, 0.05) is 32.0 Å². The average Bonchev–Trinajstić information content (AvgIpc) is 2.68. The highest BCUT2D eigenvalue weighted by atomic mass is 16.5. The zero-order chi connectivity index (χ0) is 12.8. The van der Waals surface area contributed by atoms with Crippen molar-refractivity contribution in [1.29, 1.82) is 0 Å². The van der Waals surface area contributed by atoms with Crippen molar-refractivity contribution in [3.63, 3.8) is 0 Å². The average molecular weight is 253 g/mol. The van der Waals surface area contributed by atoms with Crippen LogP contribution < -0.4 is 0 Å². The third kappa shape index (κ3) is 3.83. The molecule has 0 aromatic carbocycles. The van der Waals surface area contributed by atoms with Gasteiger partial charge in [-0.1, -0.05) is 6.92 Å². The molecule has 18 heavy (non-hydrogen) atoms. The summed E-state index contributed by atoms with van der Waals surface area (Å²) in [5.41, 5.74) is 0. The topological polar surface area (TPSA) is 45.8 Å². The molecule has 1 aliphatic rings. The van der Waals surface area contributed by atoms with Crippen LogP contribution in [-0.4, -0.2) is 42.9 Å². The minimum absolute atomic E-state index is 0.190.